The molecule has 3 unspecified atom stereocenters. The summed E-state index contributed by atoms with van der Waals surface area (Å²) in [6.07, 6.45) is 9.22. The summed E-state index contributed by atoms with van der Waals surface area (Å²) in [6, 6.07) is 0.119. The molecule has 5 heteroatoms. The number of hydrogen-bond acceptors (Lipinski definition) is 3. The van der Waals surface area contributed by atoms with Gasteiger partial charge < -0.3 is 15.2 Å². The number of hydrogen-bond donors (Lipinski definition) is 2. The molecule has 0 saturated heterocycles. The highest BCUT2D eigenvalue weighted by Gasteiger charge is 2.59. The van der Waals surface area contributed by atoms with E-state index < -0.39 is 17.0 Å². The van der Waals surface area contributed by atoms with Gasteiger partial charge in [0.2, 0.25) is 0 Å². The van der Waals surface area contributed by atoms with E-state index in [1.165, 1.54) is 19.3 Å². The zero-order chi connectivity index (χ0) is 19.4. The van der Waals surface area contributed by atoms with E-state index >= 15 is 0 Å². The second-order valence-electron chi connectivity index (χ2n) is 10.5. The lowest BCUT2D eigenvalue weighted by atomic mass is 9.48. The van der Waals surface area contributed by atoms with Crippen molar-refractivity contribution in [3.63, 3.8) is 0 Å². The minimum Gasteiger partial charge on any atom is -0.481 e. The van der Waals surface area contributed by atoms with Gasteiger partial charge >= 0.3 is 5.97 Å². The van der Waals surface area contributed by atoms with Crippen LogP contribution in [-0.4, -0.2) is 34.7 Å². The second kappa shape index (κ2) is 6.75. The van der Waals surface area contributed by atoms with Crippen molar-refractivity contribution < 1.29 is 19.4 Å². The summed E-state index contributed by atoms with van der Waals surface area (Å²) in [6.45, 7) is 6.00. The Morgan fingerprint density at radius 2 is 1.70 bits per heavy atom. The van der Waals surface area contributed by atoms with Crippen molar-refractivity contribution >= 4 is 11.9 Å². The number of ether oxygens (including phenoxy) is 1. The van der Waals surface area contributed by atoms with E-state index in [1.807, 2.05) is 13.8 Å². The van der Waals surface area contributed by atoms with Gasteiger partial charge in [0.15, 0.2) is 0 Å². The molecule has 5 fully saturated rings. The van der Waals surface area contributed by atoms with E-state index in [-0.39, 0.29) is 18.1 Å². The largest absolute Gasteiger partial charge is 0.481 e. The molecular formula is C22H35NO4. The number of carboxylic acids is 1. The zero-order valence-corrected chi connectivity index (χ0v) is 17.0. The first kappa shape index (κ1) is 19.2. The van der Waals surface area contributed by atoms with Crippen molar-refractivity contribution in [1.82, 2.24) is 5.32 Å². The van der Waals surface area contributed by atoms with Crippen molar-refractivity contribution in [2.45, 2.75) is 96.3 Å². The Labute approximate surface area is 162 Å². The first-order valence-corrected chi connectivity index (χ1v) is 10.9. The molecule has 1 amide bonds. The highest BCUT2D eigenvalue weighted by atomic mass is 16.5. The first-order valence-electron chi connectivity index (χ1n) is 10.9. The predicted octanol–water partition coefficient (Wildman–Crippen LogP) is 3.76. The number of aliphatic carboxylic acids is 1. The molecule has 27 heavy (non-hydrogen) atoms. The van der Waals surface area contributed by atoms with Gasteiger partial charge in [-0.2, -0.15) is 0 Å². The molecule has 0 aliphatic heterocycles. The maximum atomic E-state index is 13.1. The highest BCUT2D eigenvalue weighted by molar-refractivity contribution is 5.84. The number of carbonyl (C=O) groups is 2. The van der Waals surface area contributed by atoms with Crippen molar-refractivity contribution in [2.75, 3.05) is 0 Å². The number of carboxylic acid groups (broad SMARTS) is 1. The van der Waals surface area contributed by atoms with Crippen LogP contribution in [0.5, 0.6) is 0 Å². The van der Waals surface area contributed by atoms with E-state index in [0.29, 0.717) is 23.7 Å². The number of amides is 1. The average Bonchev–Trinajstić information content (AvgIpc) is 2.59. The summed E-state index contributed by atoms with van der Waals surface area (Å²) >= 11 is 0. The molecule has 5 saturated carbocycles. The highest BCUT2D eigenvalue weighted by Crippen LogP contribution is 2.60. The van der Waals surface area contributed by atoms with Gasteiger partial charge in [0.25, 0.3) is 5.91 Å². The van der Waals surface area contributed by atoms with Crippen LogP contribution in [0, 0.1) is 29.1 Å². The van der Waals surface area contributed by atoms with Crippen LogP contribution in [0.3, 0.4) is 0 Å². The zero-order valence-electron chi connectivity index (χ0n) is 17.0. The maximum absolute atomic E-state index is 13.1. The van der Waals surface area contributed by atoms with Crippen LogP contribution < -0.4 is 5.32 Å². The molecule has 4 bridgehead atoms. The molecule has 5 aliphatic rings. The fourth-order valence-electron chi connectivity index (χ4n) is 6.74. The smallest absolute Gasteiger partial charge is 0.309 e. The molecule has 0 aromatic heterocycles. The Kier molecular flexibility index (Phi) is 4.81. The van der Waals surface area contributed by atoms with Crippen LogP contribution in [-0.2, 0) is 14.3 Å². The molecule has 0 aromatic carbocycles. The van der Waals surface area contributed by atoms with E-state index in [9.17, 15) is 14.7 Å². The molecule has 5 rings (SSSR count). The summed E-state index contributed by atoms with van der Waals surface area (Å²) in [7, 11) is 0. The molecular weight excluding hydrogens is 342 g/mol. The van der Waals surface area contributed by atoms with Crippen LogP contribution in [0.1, 0.15) is 78.6 Å². The Morgan fingerprint density at radius 1 is 1.07 bits per heavy atom. The molecule has 152 valence electrons. The minimum atomic E-state index is -0.838. The van der Waals surface area contributed by atoms with E-state index in [1.54, 1.807) is 0 Å². The van der Waals surface area contributed by atoms with Gasteiger partial charge in [0, 0.05) is 6.04 Å². The van der Waals surface area contributed by atoms with E-state index in [0.717, 1.165) is 38.5 Å². The van der Waals surface area contributed by atoms with E-state index in [4.69, 9.17) is 4.74 Å². The summed E-state index contributed by atoms with van der Waals surface area (Å²) in [5.74, 6) is 0.992. The summed E-state index contributed by atoms with van der Waals surface area (Å²) < 4.78 is 6.30. The predicted molar refractivity (Wildman–Crippen MR) is 102 cm³/mol. The third-order valence-electron chi connectivity index (χ3n) is 8.05. The standard InChI is InChI=1S/C22H35NO4/c1-13-6-4-5-7-17(13)27-21(2,3)19(24)23-18-15-8-14-9-16(18)12-22(10-14,11-15)20(25)26/h13-18H,4-12H2,1-3H3,(H,23,24)(H,25,26)/t13?,14?,15?,16?,17-,18?,22?/m0/s1. The van der Waals surface area contributed by atoms with Gasteiger partial charge in [-0.1, -0.05) is 19.8 Å². The molecule has 0 aromatic rings. The molecule has 5 aliphatic carbocycles. The fraction of sp³-hybridized carbons (Fsp3) is 0.909. The van der Waals surface area contributed by atoms with Gasteiger partial charge in [-0.05, 0) is 82.5 Å². The lowest BCUT2D eigenvalue weighted by Gasteiger charge is -2.58. The van der Waals surface area contributed by atoms with Crippen LogP contribution in [0.25, 0.3) is 0 Å². The monoisotopic (exact) mass is 377 g/mol. The van der Waals surface area contributed by atoms with Crippen LogP contribution in [0.2, 0.25) is 0 Å². The van der Waals surface area contributed by atoms with Gasteiger partial charge in [-0.25, -0.2) is 0 Å². The molecule has 4 atom stereocenters. The SMILES string of the molecule is CC1CCCC[C@@H]1OC(C)(C)C(=O)NC1C2CC3CC1CC(C(=O)O)(C3)C2. The Morgan fingerprint density at radius 3 is 2.30 bits per heavy atom. The summed E-state index contributed by atoms with van der Waals surface area (Å²) in [5.41, 5.74) is -1.36. The fourth-order valence-corrected chi connectivity index (χ4v) is 6.74. The molecule has 0 spiro atoms. The topological polar surface area (TPSA) is 75.6 Å². The van der Waals surface area contributed by atoms with Crippen LogP contribution >= 0.6 is 0 Å². The van der Waals surface area contributed by atoms with Gasteiger partial charge in [0.05, 0.1) is 11.5 Å². The van der Waals surface area contributed by atoms with Crippen molar-refractivity contribution in [1.29, 1.82) is 0 Å². The lowest BCUT2D eigenvalue weighted by molar-refractivity contribution is -0.171. The van der Waals surface area contributed by atoms with Crippen LogP contribution in [0.15, 0.2) is 0 Å². The van der Waals surface area contributed by atoms with Crippen molar-refractivity contribution in [3.05, 3.63) is 0 Å². The van der Waals surface area contributed by atoms with E-state index in [2.05, 4.69) is 12.2 Å². The molecule has 5 nitrogen and oxygen atoms in total. The number of carbonyl (C=O) groups excluding carboxylic acids is 1. The van der Waals surface area contributed by atoms with Crippen molar-refractivity contribution in [3.8, 4) is 0 Å². The Balaban J connectivity index is 1.42. The Hall–Kier alpha value is -1.10. The quantitative estimate of drug-likeness (QED) is 0.765. The normalized spacial score (nSPS) is 43.5. The van der Waals surface area contributed by atoms with Crippen molar-refractivity contribution in [2.24, 2.45) is 29.1 Å². The second-order valence-corrected chi connectivity index (χ2v) is 10.5. The third kappa shape index (κ3) is 3.41. The number of rotatable bonds is 5. The van der Waals surface area contributed by atoms with Gasteiger partial charge in [-0.15, -0.1) is 0 Å². The van der Waals surface area contributed by atoms with Gasteiger partial charge in [-0.3, -0.25) is 9.59 Å². The number of nitrogens with one attached hydrogen (secondary N) is 1. The summed E-state index contributed by atoms with van der Waals surface area (Å²) in [5, 5.41) is 13.1. The lowest BCUT2D eigenvalue weighted by Crippen LogP contribution is -2.63. The average molecular weight is 378 g/mol. The Bertz CT molecular complexity index is 599. The first-order chi connectivity index (χ1) is 12.7. The molecule has 2 N–H and O–H groups in total. The summed E-state index contributed by atoms with van der Waals surface area (Å²) in [4.78, 5) is 25.0. The van der Waals surface area contributed by atoms with Gasteiger partial charge in [0.1, 0.15) is 5.60 Å². The maximum Gasteiger partial charge on any atom is 0.309 e. The van der Waals surface area contributed by atoms with Crippen LogP contribution in [0.4, 0.5) is 0 Å². The molecule has 0 radical (unpaired) electrons. The molecule has 0 heterocycles. The third-order valence-corrected chi connectivity index (χ3v) is 8.05. The minimum absolute atomic E-state index is 0.0258.